The Labute approximate surface area is 258 Å². The summed E-state index contributed by atoms with van der Waals surface area (Å²) in [5, 5.41) is 3.15. The van der Waals surface area contributed by atoms with E-state index in [-0.39, 0.29) is 24.3 Å². The molecule has 1 saturated heterocycles. The van der Waals surface area contributed by atoms with Gasteiger partial charge in [0.1, 0.15) is 17.5 Å². The molecule has 4 rings (SSSR count). The molecule has 3 atom stereocenters. The SMILES string of the molecule is CC(=O)NC(C)C(=O)Oc1ccc(Cc2c(C)cc(OCP3(=O)OCCC(c4cccc(Cl)c4)O3)cc2C)cc1C(C)C. The monoisotopic (exact) mass is 627 g/mol. The van der Waals surface area contributed by atoms with Gasteiger partial charge in [0.25, 0.3) is 0 Å². The van der Waals surface area contributed by atoms with E-state index in [0.29, 0.717) is 36.0 Å². The molecule has 0 bridgehead atoms. The number of benzene rings is 3. The Morgan fingerprint density at radius 2 is 1.79 bits per heavy atom. The lowest BCUT2D eigenvalue weighted by molar-refractivity contribution is -0.138. The van der Waals surface area contributed by atoms with Crippen LogP contribution in [0.4, 0.5) is 0 Å². The third-order valence-corrected chi connectivity index (χ3v) is 9.13. The van der Waals surface area contributed by atoms with E-state index in [1.165, 1.54) is 6.92 Å². The Hall–Kier alpha value is -3.16. The topological polar surface area (TPSA) is 100 Å². The average molecular weight is 628 g/mol. The molecule has 1 amide bonds. The van der Waals surface area contributed by atoms with Crippen LogP contribution in [0.15, 0.2) is 54.6 Å². The highest BCUT2D eigenvalue weighted by atomic mass is 35.5. The molecule has 1 aliphatic rings. The molecule has 3 aromatic rings. The summed E-state index contributed by atoms with van der Waals surface area (Å²) in [6.07, 6.45) is 0.676. The van der Waals surface area contributed by atoms with Gasteiger partial charge in [-0.2, -0.15) is 0 Å². The largest absolute Gasteiger partial charge is 0.481 e. The van der Waals surface area contributed by atoms with Crippen LogP contribution in [0.2, 0.25) is 5.02 Å². The summed E-state index contributed by atoms with van der Waals surface area (Å²) in [4.78, 5) is 23.8. The first-order chi connectivity index (χ1) is 20.3. The van der Waals surface area contributed by atoms with Gasteiger partial charge in [0.15, 0.2) is 6.35 Å². The first kappa shape index (κ1) is 32.7. The molecule has 43 heavy (non-hydrogen) atoms. The van der Waals surface area contributed by atoms with E-state index in [1.807, 2.05) is 70.2 Å². The van der Waals surface area contributed by atoms with E-state index in [1.54, 1.807) is 13.0 Å². The summed E-state index contributed by atoms with van der Waals surface area (Å²) < 4.78 is 36.4. The van der Waals surface area contributed by atoms with Crippen molar-refractivity contribution in [3.8, 4) is 11.5 Å². The van der Waals surface area contributed by atoms with Crippen molar-refractivity contribution in [1.82, 2.24) is 5.32 Å². The smallest absolute Gasteiger partial charge is 0.368 e. The van der Waals surface area contributed by atoms with Gasteiger partial charge in [-0.25, -0.2) is 4.79 Å². The van der Waals surface area contributed by atoms with Crippen LogP contribution in [0, 0.1) is 13.8 Å². The van der Waals surface area contributed by atoms with Crippen LogP contribution in [0.3, 0.4) is 0 Å². The van der Waals surface area contributed by atoms with Gasteiger partial charge < -0.3 is 19.3 Å². The lowest BCUT2D eigenvalue weighted by Gasteiger charge is -2.30. The van der Waals surface area contributed by atoms with Crippen molar-refractivity contribution in [1.29, 1.82) is 0 Å². The van der Waals surface area contributed by atoms with Crippen molar-refractivity contribution in [2.45, 2.75) is 72.4 Å². The number of esters is 1. The number of aryl methyl sites for hydroxylation is 2. The number of carbonyl (C=O) groups excluding carboxylic acids is 2. The summed E-state index contributed by atoms with van der Waals surface area (Å²) in [6.45, 7) is 11.4. The van der Waals surface area contributed by atoms with Crippen molar-refractivity contribution in [2.75, 3.05) is 13.0 Å². The Morgan fingerprint density at radius 3 is 2.44 bits per heavy atom. The van der Waals surface area contributed by atoms with Gasteiger partial charge >= 0.3 is 13.6 Å². The van der Waals surface area contributed by atoms with Crippen LogP contribution < -0.4 is 14.8 Å². The number of ether oxygens (including phenoxy) is 2. The minimum absolute atomic E-state index is 0.113. The van der Waals surface area contributed by atoms with E-state index in [9.17, 15) is 14.2 Å². The van der Waals surface area contributed by atoms with Crippen LogP contribution in [0.5, 0.6) is 11.5 Å². The number of amides is 1. The first-order valence-corrected chi connectivity index (χ1v) is 16.5. The first-order valence-electron chi connectivity index (χ1n) is 14.4. The predicted octanol–water partition coefficient (Wildman–Crippen LogP) is 7.81. The molecule has 1 heterocycles. The number of rotatable bonds is 10. The van der Waals surface area contributed by atoms with Gasteiger partial charge in [0, 0.05) is 18.4 Å². The van der Waals surface area contributed by atoms with E-state index < -0.39 is 19.6 Å². The van der Waals surface area contributed by atoms with Gasteiger partial charge in [0.05, 0.1) is 12.7 Å². The van der Waals surface area contributed by atoms with E-state index >= 15 is 0 Å². The molecule has 1 fully saturated rings. The molecule has 8 nitrogen and oxygen atoms in total. The van der Waals surface area contributed by atoms with Gasteiger partial charge in [-0.3, -0.25) is 13.9 Å². The maximum Gasteiger partial charge on any atom is 0.368 e. The van der Waals surface area contributed by atoms with Gasteiger partial charge in [-0.15, -0.1) is 0 Å². The molecule has 0 radical (unpaired) electrons. The maximum absolute atomic E-state index is 13.4. The molecule has 1 aliphatic heterocycles. The Morgan fingerprint density at radius 1 is 1.07 bits per heavy atom. The molecule has 230 valence electrons. The zero-order valence-corrected chi connectivity index (χ0v) is 27.1. The minimum Gasteiger partial charge on any atom is -0.481 e. The third-order valence-electron chi connectivity index (χ3n) is 7.30. The molecule has 3 unspecified atom stereocenters. The summed E-state index contributed by atoms with van der Waals surface area (Å²) >= 11 is 6.13. The second-order valence-electron chi connectivity index (χ2n) is 11.2. The highest BCUT2D eigenvalue weighted by Gasteiger charge is 2.35. The number of carbonyl (C=O) groups is 2. The molecule has 10 heteroatoms. The van der Waals surface area contributed by atoms with E-state index in [2.05, 4.69) is 11.4 Å². The molecule has 1 N–H and O–H groups in total. The van der Waals surface area contributed by atoms with Crippen molar-refractivity contribution >= 4 is 31.1 Å². The second kappa shape index (κ2) is 14.1. The van der Waals surface area contributed by atoms with E-state index in [4.69, 9.17) is 30.1 Å². The van der Waals surface area contributed by atoms with Crippen molar-refractivity contribution in [2.24, 2.45) is 0 Å². The lowest BCUT2D eigenvalue weighted by atomic mass is 9.93. The fourth-order valence-corrected chi connectivity index (χ4v) is 6.76. The molecule has 0 aliphatic carbocycles. The molecule has 3 aromatic carbocycles. The lowest BCUT2D eigenvalue weighted by Crippen LogP contribution is -2.39. The van der Waals surface area contributed by atoms with Crippen LogP contribution >= 0.6 is 19.2 Å². The fourth-order valence-electron chi connectivity index (χ4n) is 5.06. The molecular weight excluding hydrogens is 589 g/mol. The third kappa shape index (κ3) is 8.70. The number of hydrogen-bond acceptors (Lipinski definition) is 7. The summed E-state index contributed by atoms with van der Waals surface area (Å²) in [5.74, 6) is 0.376. The summed E-state index contributed by atoms with van der Waals surface area (Å²) in [5.41, 5.74) is 6.04. The molecule has 0 saturated carbocycles. The van der Waals surface area contributed by atoms with Crippen molar-refractivity contribution in [3.63, 3.8) is 0 Å². The Bertz CT molecular complexity index is 1520. The van der Waals surface area contributed by atoms with Gasteiger partial charge in [-0.05, 0) is 96.8 Å². The highest BCUT2D eigenvalue weighted by molar-refractivity contribution is 7.53. The van der Waals surface area contributed by atoms with Gasteiger partial charge in [0.2, 0.25) is 5.91 Å². The molecular formula is C33H39ClNO7P. The van der Waals surface area contributed by atoms with Crippen LogP contribution in [0.25, 0.3) is 0 Å². The highest BCUT2D eigenvalue weighted by Crippen LogP contribution is 2.56. The van der Waals surface area contributed by atoms with Crippen LogP contribution in [-0.2, 0) is 29.6 Å². The summed E-state index contributed by atoms with van der Waals surface area (Å²) in [7, 11) is -3.48. The predicted molar refractivity (Wildman–Crippen MR) is 167 cm³/mol. The fraction of sp³-hybridized carbons (Fsp3) is 0.394. The number of nitrogens with one attached hydrogen (secondary N) is 1. The average Bonchev–Trinajstić information content (AvgIpc) is 2.94. The Balaban J connectivity index is 1.44. The van der Waals surface area contributed by atoms with E-state index in [0.717, 1.165) is 33.4 Å². The normalized spacial score (nSPS) is 19.1. The molecule has 0 aromatic heterocycles. The maximum atomic E-state index is 13.4. The number of hydrogen-bond donors (Lipinski definition) is 1. The molecule has 0 spiro atoms. The Kier molecular flexibility index (Phi) is 10.7. The zero-order chi connectivity index (χ0) is 31.3. The number of halogens is 1. The van der Waals surface area contributed by atoms with Crippen LogP contribution in [0.1, 0.15) is 79.5 Å². The zero-order valence-electron chi connectivity index (χ0n) is 25.4. The van der Waals surface area contributed by atoms with Crippen molar-refractivity contribution < 1.29 is 32.7 Å². The van der Waals surface area contributed by atoms with Crippen molar-refractivity contribution in [3.05, 3.63) is 93.0 Å². The second-order valence-corrected chi connectivity index (χ2v) is 13.6. The van der Waals surface area contributed by atoms with Gasteiger partial charge in [-0.1, -0.05) is 49.7 Å². The quantitative estimate of drug-likeness (QED) is 0.139. The standard InChI is InChI=1S/C33H39ClNO7P/c1-20(2)29-16-25(10-11-32(29)41-33(37)23(5)35-24(6)36)17-30-21(3)14-28(15-22(30)4)39-19-43(38)40-13-12-31(42-43)26-8-7-9-27(34)18-26/h7-11,14-16,18,20,23,31H,12-13,17,19H2,1-6H3,(H,35,36). The van der Waals surface area contributed by atoms with Crippen LogP contribution in [-0.4, -0.2) is 30.9 Å². The minimum atomic E-state index is -3.48. The summed E-state index contributed by atoms with van der Waals surface area (Å²) in [6, 6.07) is 16.3.